The van der Waals surface area contributed by atoms with Gasteiger partial charge >= 0.3 is 0 Å². The molecule has 3 nitrogen and oxygen atoms in total. The van der Waals surface area contributed by atoms with Gasteiger partial charge in [0.25, 0.3) is 0 Å². The Morgan fingerprint density at radius 3 is 2.94 bits per heavy atom. The number of benzene rings is 1. The van der Waals surface area contributed by atoms with Crippen molar-refractivity contribution in [1.82, 2.24) is 5.32 Å². The first-order valence-corrected chi connectivity index (χ1v) is 5.78. The molecule has 1 amide bonds. The predicted molar refractivity (Wildman–Crippen MR) is 66.0 cm³/mol. The monoisotopic (exact) mass is 238 g/mol. The van der Waals surface area contributed by atoms with E-state index in [0.29, 0.717) is 11.6 Å². The summed E-state index contributed by atoms with van der Waals surface area (Å²) in [6.45, 7) is 5.35. The SMILES string of the molecule is Cc1ccc(N2CCNC(C)C2=O)cc1Cl. The highest BCUT2D eigenvalue weighted by molar-refractivity contribution is 6.31. The largest absolute Gasteiger partial charge is 0.310 e. The minimum absolute atomic E-state index is 0.103. The summed E-state index contributed by atoms with van der Waals surface area (Å²) in [6, 6.07) is 5.62. The van der Waals surface area contributed by atoms with Gasteiger partial charge in [-0.2, -0.15) is 0 Å². The van der Waals surface area contributed by atoms with Crippen molar-refractivity contribution in [1.29, 1.82) is 0 Å². The molecular formula is C12H15ClN2O. The van der Waals surface area contributed by atoms with E-state index in [1.165, 1.54) is 0 Å². The van der Waals surface area contributed by atoms with E-state index in [1.54, 1.807) is 4.90 Å². The minimum atomic E-state index is -0.117. The van der Waals surface area contributed by atoms with Crippen molar-refractivity contribution in [3.8, 4) is 0 Å². The van der Waals surface area contributed by atoms with Crippen molar-refractivity contribution < 1.29 is 4.79 Å². The van der Waals surface area contributed by atoms with Gasteiger partial charge in [-0.1, -0.05) is 17.7 Å². The van der Waals surface area contributed by atoms with Gasteiger partial charge in [-0.05, 0) is 31.5 Å². The van der Waals surface area contributed by atoms with E-state index in [0.717, 1.165) is 17.8 Å². The summed E-state index contributed by atoms with van der Waals surface area (Å²) in [6.07, 6.45) is 0. The van der Waals surface area contributed by atoms with E-state index in [9.17, 15) is 4.79 Å². The van der Waals surface area contributed by atoms with Crippen molar-refractivity contribution in [3.05, 3.63) is 28.8 Å². The molecule has 1 N–H and O–H groups in total. The number of anilines is 1. The normalized spacial score (nSPS) is 21.3. The van der Waals surface area contributed by atoms with Gasteiger partial charge in [-0.25, -0.2) is 0 Å². The van der Waals surface area contributed by atoms with Gasteiger partial charge in [0.15, 0.2) is 0 Å². The first-order chi connectivity index (χ1) is 7.59. The van der Waals surface area contributed by atoms with Crippen molar-refractivity contribution >= 4 is 23.2 Å². The van der Waals surface area contributed by atoms with Crippen molar-refractivity contribution in [2.75, 3.05) is 18.0 Å². The summed E-state index contributed by atoms with van der Waals surface area (Å²) >= 11 is 6.06. The third kappa shape index (κ3) is 2.06. The highest BCUT2D eigenvalue weighted by atomic mass is 35.5. The molecule has 0 radical (unpaired) electrons. The predicted octanol–water partition coefficient (Wildman–Crippen LogP) is 1.97. The summed E-state index contributed by atoms with van der Waals surface area (Å²) in [5, 5.41) is 3.84. The minimum Gasteiger partial charge on any atom is -0.310 e. The second kappa shape index (κ2) is 4.44. The number of halogens is 1. The van der Waals surface area contributed by atoms with Gasteiger partial charge in [0, 0.05) is 23.8 Å². The number of amides is 1. The first-order valence-electron chi connectivity index (χ1n) is 5.40. The molecule has 2 rings (SSSR count). The number of nitrogens with zero attached hydrogens (tertiary/aromatic N) is 1. The van der Waals surface area contributed by atoms with E-state index in [2.05, 4.69) is 5.32 Å². The molecule has 1 aliphatic rings. The Morgan fingerprint density at radius 2 is 2.25 bits per heavy atom. The Morgan fingerprint density at radius 1 is 1.50 bits per heavy atom. The Labute approximate surface area is 100 Å². The number of aryl methyl sites for hydroxylation is 1. The highest BCUT2D eigenvalue weighted by Gasteiger charge is 2.25. The summed E-state index contributed by atoms with van der Waals surface area (Å²) in [7, 11) is 0. The second-order valence-electron chi connectivity index (χ2n) is 4.10. The van der Waals surface area contributed by atoms with Gasteiger partial charge < -0.3 is 10.2 Å². The quantitative estimate of drug-likeness (QED) is 0.812. The lowest BCUT2D eigenvalue weighted by Gasteiger charge is -2.31. The molecule has 86 valence electrons. The second-order valence-corrected chi connectivity index (χ2v) is 4.51. The van der Waals surface area contributed by atoms with Crippen molar-refractivity contribution in [3.63, 3.8) is 0 Å². The topological polar surface area (TPSA) is 32.3 Å². The number of hydrogen-bond acceptors (Lipinski definition) is 2. The highest BCUT2D eigenvalue weighted by Crippen LogP contribution is 2.24. The molecule has 1 aromatic rings. The molecule has 1 aliphatic heterocycles. The van der Waals surface area contributed by atoms with Crippen LogP contribution in [0.3, 0.4) is 0 Å². The number of carbonyl (C=O) groups is 1. The molecule has 1 unspecified atom stereocenters. The lowest BCUT2D eigenvalue weighted by Crippen LogP contribution is -2.53. The van der Waals surface area contributed by atoms with Gasteiger partial charge in [0.05, 0.1) is 6.04 Å². The van der Waals surface area contributed by atoms with Crippen LogP contribution in [-0.4, -0.2) is 25.0 Å². The zero-order valence-corrected chi connectivity index (χ0v) is 10.2. The Hall–Kier alpha value is -1.06. The molecule has 1 atom stereocenters. The molecule has 0 aliphatic carbocycles. The molecule has 1 aromatic carbocycles. The maximum atomic E-state index is 11.9. The van der Waals surface area contributed by atoms with E-state index in [-0.39, 0.29) is 11.9 Å². The van der Waals surface area contributed by atoms with Crippen LogP contribution in [0.4, 0.5) is 5.69 Å². The van der Waals surface area contributed by atoms with Gasteiger partial charge in [0.1, 0.15) is 0 Å². The fourth-order valence-corrected chi connectivity index (χ4v) is 2.00. The maximum Gasteiger partial charge on any atom is 0.243 e. The molecule has 0 aromatic heterocycles. The Balaban J connectivity index is 2.29. The zero-order chi connectivity index (χ0) is 11.7. The average Bonchev–Trinajstić information content (AvgIpc) is 2.26. The third-order valence-corrected chi connectivity index (χ3v) is 3.30. The van der Waals surface area contributed by atoms with Crippen LogP contribution in [0, 0.1) is 6.92 Å². The standard InChI is InChI=1S/C12H15ClN2O/c1-8-3-4-10(7-11(8)13)15-6-5-14-9(2)12(15)16/h3-4,7,9,14H,5-6H2,1-2H3. The molecule has 4 heteroatoms. The number of piperazine rings is 1. The lowest BCUT2D eigenvalue weighted by molar-refractivity contribution is -0.121. The van der Waals surface area contributed by atoms with Gasteiger partial charge in [0.2, 0.25) is 5.91 Å². The van der Waals surface area contributed by atoms with Crippen LogP contribution in [0.2, 0.25) is 5.02 Å². The summed E-state index contributed by atoms with van der Waals surface area (Å²) in [4.78, 5) is 13.7. The summed E-state index contributed by atoms with van der Waals surface area (Å²) in [5.74, 6) is 0.103. The lowest BCUT2D eigenvalue weighted by atomic mass is 10.1. The molecule has 0 saturated carbocycles. The first kappa shape index (κ1) is 11.4. The molecular weight excluding hydrogens is 224 g/mol. The van der Waals surface area contributed by atoms with Crippen LogP contribution >= 0.6 is 11.6 Å². The number of carbonyl (C=O) groups excluding carboxylic acids is 1. The molecule has 1 saturated heterocycles. The van der Waals surface area contributed by atoms with Crippen LogP contribution in [-0.2, 0) is 4.79 Å². The number of rotatable bonds is 1. The molecule has 0 spiro atoms. The summed E-state index contributed by atoms with van der Waals surface area (Å²) in [5.41, 5.74) is 1.91. The smallest absolute Gasteiger partial charge is 0.243 e. The molecule has 1 fully saturated rings. The van der Waals surface area contributed by atoms with Crippen LogP contribution in [0.1, 0.15) is 12.5 Å². The zero-order valence-electron chi connectivity index (χ0n) is 9.46. The molecule has 16 heavy (non-hydrogen) atoms. The van der Waals surface area contributed by atoms with Crippen LogP contribution in [0.25, 0.3) is 0 Å². The Kier molecular flexibility index (Phi) is 3.17. The number of nitrogens with one attached hydrogen (secondary N) is 1. The maximum absolute atomic E-state index is 11.9. The van der Waals surface area contributed by atoms with E-state index in [4.69, 9.17) is 11.6 Å². The van der Waals surface area contributed by atoms with E-state index < -0.39 is 0 Å². The fraction of sp³-hybridized carbons (Fsp3) is 0.417. The van der Waals surface area contributed by atoms with Gasteiger partial charge in [-0.3, -0.25) is 4.79 Å². The third-order valence-electron chi connectivity index (χ3n) is 2.89. The van der Waals surface area contributed by atoms with Crippen LogP contribution < -0.4 is 10.2 Å². The fourth-order valence-electron chi connectivity index (χ4n) is 1.83. The molecule has 1 heterocycles. The van der Waals surface area contributed by atoms with Crippen LogP contribution in [0.5, 0.6) is 0 Å². The number of hydrogen-bond donors (Lipinski definition) is 1. The van der Waals surface area contributed by atoms with Crippen molar-refractivity contribution in [2.24, 2.45) is 0 Å². The molecule has 0 bridgehead atoms. The van der Waals surface area contributed by atoms with Gasteiger partial charge in [-0.15, -0.1) is 0 Å². The van der Waals surface area contributed by atoms with Crippen molar-refractivity contribution in [2.45, 2.75) is 19.9 Å². The average molecular weight is 239 g/mol. The summed E-state index contributed by atoms with van der Waals surface area (Å²) < 4.78 is 0. The van der Waals surface area contributed by atoms with E-state index >= 15 is 0 Å². The van der Waals surface area contributed by atoms with E-state index in [1.807, 2.05) is 32.0 Å². The van der Waals surface area contributed by atoms with Crippen LogP contribution in [0.15, 0.2) is 18.2 Å². The Bertz CT molecular complexity index is 419.